The van der Waals surface area contributed by atoms with Crippen LogP contribution < -0.4 is 10.4 Å². The van der Waals surface area contributed by atoms with Gasteiger partial charge in [0.2, 0.25) is 0 Å². The lowest BCUT2D eigenvalue weighted by atomic mass is 9.91. The average molecular weight is 447 g/mol. The van der Waals surface area contributed by atoms with Gasteiger partial charge in [0.25, 0.3) is 5.91 Å². The number of nitrogens with zero attached hydrogens (tertiary/aromatic N) is 3. The van der Waals surface area contributed by atoms with E-state index in [0.717, 1.165) is 31.5 Å². The number of hydrazone groups is 1. The molecule has 0 bridgehead atoms. The number of piperidine rings is 1. The van der Waals surface area contributed by atoms with Crippen LogP contribution in [0.25, 0.3) is 0 Å². The van der Waals surface area contributed by atoms with Gasteiger partial charge in [-0.15, -0.1) is 0 Å². The number of aromatic hydroxyl groups is 1. The molecule has 1 fully saturated rings. The molecular weight excluding hydrogens is 423 g/mol. The summed E-state index contributed by atoms with van der Waals surface area (Å²) >= 11 is 12.5. The molecule has 2 heterocycles. The molecule has 1 amide bonds. The van der Waals surface area contributed by atoms with Crippen molar-refractivity contribution in [1.82, 2.24) is 10.4 Å². The molecule has 2 aliphatic heterocycles. The van der Waals surface area contributed by atoms with Crippen molar-refractivity contribution in [1.29, 1.82) is 0 Å². The maximum absolute atomic E-state index is 13.1. The van der Waals surface area contributed by atoms with Gasteiger partial charge in [-0.2, -0.15) is 5.10 Å². The van der Waals surface area contributed by atoms with Gasteiger partial charge < -0.3 is 5.11 Å². The first-order valence-corrected chi connectivity index (χ1v) is 10.9. The van der Waals surface area contributed by atoms with Crippen molar-refractivity contribution in [2.24, 2.45) is 11.0 Å². The number of amides is 1. The summed E-state index contributed by atoms with van der Waals surface area (Å²) in [5.41, 5.74) is 5.06. The van der Waals surface area contributed by atoms with E-state index in [-0.39, 0.29) is 23.6 Å². The van der Waals surface area contributed by atoms with Gasteiger partial charge in [-0.1, -0.05) is 48.7 Å². The lowest BCUT2D eigenvalue weighted by Gasteiger charge is -2.28. The number of hydrogen-bond acceptors (Lipinski definition) is 5. The van der Waals surface area contributed by atoms with Gasteiger partial charge in [0.1, 0.15) is 11.5 Å². The highest BCUT2D eigenvalue weighted by Crippen LogP contribution is 2.42. The molecule has 0 saturated carbocycles. The molecule has 2 unspecified atom stereocenters. The quantitative estimate of drug-likeness (QED) is 0.709. The number of anilines is 1. The van der Waals surface area contributed by atoms with Gasteiger partial charge in [0.15, 0.2) is 0 Å². The van der Waals surface area contributed by atoms with E-state index in [9.17, 15) is 9.90 Å². The minimum absolute atomic E-state index is 0.185. The van der Waals surface area contributed by atoms with Crippen molar-refractivity contribution < 1.29 is 9.90 Å². The summed E-state index contributed by atoms with van der Waals surface area (Å²) in [6.45, 7) is 3.68. The molecule has 30 heavy (non-hydrogen) atoms. The van der Waals surface area contributed by atoms with Crippen LogP contribution in [0.3, 0.4) is 0 Å². The molecule has 4 rings (SSSR count). The molecular formula is C22H24Cl2N4O2. The number of hydrazine groups is 1. The molecule has 2 atom stereocenters. The molecule has 0 spiro atoms. The fourth-order valence-corrected chi connectivity index (χ4v) is 4.56. The summed E-state index contributed by atoms with van der Waals surface area (Å²) in [6, 6.07) is 11.9. The molecule has 2 N–H and O–H groups in total. The number of phenols is 1. The van der Waals surface area contributed by atoms with Crippen LogP contribution in [0.4, 0.5) is 5.69 Å². The Morgan fingerprint density at radius 2 is 1.80 bits per heavy atom. The molecule has 158 valence electrons. The Hall–Kier alpha value is -2.28. The third kappa shape index (κ3) is 4.26. The minimum atomic E-state index is -0.244. The zero-order valence-corrected chi connectivity index (χ0v) is 18.2. The minimum Gasteiger partial charge on any atom is -0.508 e. The Balaban J connectivity index is 1.68. The fraction of sp³-hybridized carbons (Fsp3) is 0.364. The van der Waals surface area contributed by atoms with Crippen LogP contribution in [0.1, 0.15) is 37.8 Å². The van der Waals surface area contributed by atoms with Crippen LogP contribution in [0.5, 0.6) is 5.75 Å². The molecule has 2 aromatic carbocycles. The zero-order chi connectivity index (χ0) is 21.3. The Bertz CT molecular complexity index is 958. The average Bonchev–Trinajstić information content (AvgIpc) is 3.06. The van der Waals surface area contributed by atoms with Crippen LogP contribution in [-0.2, 0) is 4.79 Å². The Kier molecular flexibility index (Phi) is 6.18. The molecule has 1 saturated heterocycles. The topological polar surface area (TPSA) is 68.2 Å². The maximum Gasteiger partial charge on any atom is 0.282 e. The lowest BCUT2D eigenvalue weighted by Crippen LogP contribution is -2.48. The van der Waals surface area contributed by atoms with Gasteiger partial charge in [0.05, 0.1) is 16.8 Å². The summed E-state index contributed by atoms with van der Waals surface area (Å²) in [7, 11) is 0. The van der Waals surface area contributed by atoms with Crippen molar-refractivity contribution >= 4 is 40.5 Å². The van der Waals surface area contributed by atoms with Crippen molar-refractivity contribution in [2.75, 3.05) is 18.1 Å². The van der Waals surface area contributed by atoms with Crippen LogP contribution in [0, 0.1) is 5.92 Å². The van der Waals surface area contributed by atoms with Crippen LogP contribution in [0.15, 0.2) is 47.6 Å². The van der Waals surface area contributed by atoms with Gasteiger partial charge in [-0.05, 0) is 48.7 Å². The Morgan fingerprint density at radius 1 is 1.10 bits per heavy atom. The first-order chi connectivity index (χ1) is 14.4. The predicted octanol–water partition coefficient (Wildman–Crippen LogP) is 4.77. The second-order valence-electron chi connectivity index (χ2n) is 7.74. The molecule has 2 aliphatic rings. The highest BCUT2D eigenvalue weighted by atomic mass is 35.5. The third-order valence-electron chi connectivity index (χ3n) is 5.62. The van der Waals surface area contributed by atoms with Crippen molar-refractivity contribution in [3.63, 3.8) is 0 Å². The Morgan fingerprint density at radius 3 is 2.47 bits per heavy atom. The van der Waals surface area contributed by atoms with E-state index in [2.05, 4.69) is 5.43 Å². The SMILES string of the molecule is CC1C(C(=O)NN2CCCCC2)=NN(c2ccc(Cl)cc2Cl)C1c1ccc(O)cc1. The normalized spacial score (nSPS) is 22.1. The molecule has 2 aromatic rings. The number of benzene rings is 2. The summed E-state index contributed by atoms with van der Waals surface area (Å²) in [5, 5.41) is 19.1. The fourth-order valence-electron chi connectivity index (χ4n) is 4.06. The number of carbonyl (C=O) groups is 1. The van der Waals surface area contributed by atoms with E-state index in [1.165, 1.54) is 6.42 Å². The van der Waals surface area contributed by atoms with Gasteiger partial charge in [-0.3, -0.25) is 15.2 Å². The zero-order valence-electron chi connectivity index (χ0n) is 16.7. The Labute approximate surface area is 186 Å². The summed E-state index contributed by atoms with van der Waals surface area (Å²) in [4.78, 5) is 13.1. The standard InChI is InChI=1S/C22H24Cl2N4O2/c1-14-20(22(30)26-27-11-3-2-4-12-27)25-28(19-10-7-16(23)13-18(19)24)21(14)15-5-8-17(29)9-6-15/h5-10,13-14,21,29H,2-4,11-12H2,1H3,(H,26,30). The van der Waals surface area contributed by atoms with E-state index >= 15 is 0 Å². The highest BCUT2D eigenvalue weighted by molar-refractivity contribution is 6.41. The van der Waals surface area contributed by atoms with E-state index < -0.39 is 0 Å². The van der Waals surface area contributed by atoms with Gasteiger partial charge in [0, 0.05) is 24.0 Å². The maximum atomic E-state index is 13.1. The first-order valence-electron chi connectivity index (χ1n) is 10.1. The van der Waals surface area contributed by atoms with Gasteiger partial charge >= 0.3 is 0 Å². The number of rotatable bonds is 4. The van der Waals surface area contributed by atoms with Crippen molar-refractivity contribution in [3.05, 3.63) is 58.1 Å². The highest BCUT2D eigenvalue weighted by Gasteiger charge is 2.40. The number of nitrogens with one attached hydrogen (secondary N) is 1. The second-order valence-corrected chi connectivity index (χ2v) is 8.58. The summed E-state index contributed by atoms with van der Waals surface area (Å²) < 4.78 is 0. The second kappa shape index (κ2) is 8.84. The van der Waals surface area contributed by atoms with Crippen LogP contribution in [-0.4, -0.2) is 34.8 Å². The van der Waals surface area contributed by atoms with E-state index in [1.54, 1.807) is 35.3 Å². The number of hydrogen-bond donors (Lipinski definition) is 2. The van der Waals surface area contributed by atoms with E-state index in [4.69, 9.17) is 28.3 Å². The molecule has 6 nitrogen and oxygen atoms in total. The predicted molar refractivity (Wildman–Crippen MR) is 120 cm³/mol. The molecule has 0 aliphatic carbocycles. The number of halogens is 2. The van der Waals surface area contributed by atoms with Gasteiger partial charge in [-0.25, -0.2) is 5.01 Å². The molecule has 0 aromatic heterocycles. The van der Waals surface area contributed by atoms with Crippen LogP contribution in [0.2, 0.25) is 10.0 Å². The molecule has 8 heteroatoms. The smallest absolute Gasteiger partial charge is 0.282 e. The summed E-state index contributed by atoms with van der Waals surface area (Å²) in [5.74, 6) is -0.198. The van der Waals surface area contributed by atoms with Crippen LogP contribution >= 0.6 is 23.2 Å². The largest absolute Gasteiger partial charge is 0.508 e. The number of carbonyl (C=O) groups excluding carboxylic acids is 1. The third-order valence-corrected chi connectivity index (χ3v) is 6.16. The summed E-state index contributed by atoms with van der Waals surface area (Å²) in [6.07, 6.45) is 3.34. The lowest BCUT2D eigenvalue weighted by molar-refractivity contribution is -0.120. The first kappa shape index (κ1) is 21.0. The van der Waals surface area contributed by atoms with E-state index in [0.29, 0.717) is 21.4 Å². The van der Waals surface area contributed by atoms with Crippen molar-refractivity contribution in [2.45, 2.75) is 32.2 Å². The number of phenolic OH excluding ortho intramolecular Hbond substituents is 1. The van der Waals surface area contributed by atoms with Crippen molar-refractivity contribution in [3.8, 4) is 5.75 Å². The monoisotopic (exact) mass is 446 g/mol. The van der Waals surface area contributed by atoms with E-state index in [1.807, 2.05) is 24.1 Å². The molecule has 0 radical (unpaired) electrons.